The van der Waals surface area contributed by atoms with Crippen molar-refractivity contribution in [1.29, 1.82) is 0 Å². The minimum atomic E-state index is -0.701. The van der Waals surface area contributed by atoms with Gasteiger partial charge in [0.1, 0.15) is 0 Å². The highest BCUT2D eigenvalue weighted by Crippen LogP contribution is 2.47. The molecule has 2 N–H and O–H groups in total. The number of hydrazine groups is 1. The number of hydrogen-bond acceptors (Lipinski definition) is 4. The van der Waals surface area contributed by atoms with E-state index in [1.165, 1.54) is 0 Å². The van der Waals surface area contributed by atoms with Crippen LogP contribution >= 0.6 is 23.2 Å². The molecule has 8 heteroatoms. The highest BCUT2D eigenvalue weighted by atomic mass is 35.5. The number of benzene rings is 3. The fourth-order valence-corrected chi connectivity index (χ4v) is 6.32. The van der Waals surface area contributed by atoms with E-state index in [1.807, 2.05) is 66.5 Å². The molecular formula is C30H31Cl2N3O3. The van der Waals surface area contributed by atoms with Crippen molar-refractivity contribution < 1.29 is 14.7 Å². The monoisotopic (exact) mass is 551 g/mol. The van der Waals surface area contributed by atoms with Gasteiger partial charge in [0.25, 0.3) is 5.91 Å². The summed E-state index contributed by atoms with van der Waals surface area (Å²) in [6.45, 7) is 0.524. The Morgan fingerprint density at radius 1 is 0.974 bits per heavy atom. The number of carbonyl (C=O) groups excluding carboxylic acids is 2. The van der Waals surface area contributed by atoms with E-state index in [0.29, 0.717) is 59.0 Å². The standard InChI is InChI=1S/C30H31Cl2N3O3/c1-34(18-19-7-3-2-4-8-19)33-29(37)27-23-9-5-6-10-24(23)30(38)35(21-12-14-22(36)15-13-21)28(27)25-16-11-20(31)17-26(25)32/h2-11,16-17,21-22,27-28,36H,12-15,18H2,1H3,(H,33,37)/t21-,22-,27-,28+/m1/s1. The number of fused-ring (bicyclic) bond motifs is 1. The number of halogens is 2. The van der Waals surface area contributed by atoms with Gasteiger partial charge in [0.05, 0.1) is 18.1 Å². The second kappa shape index (κ2) is 11.5. The lowest BCUT2D eigenvalue weighted by atomic mass is 9.77. The molecule has 38 heavy (non-hydrogen) atoms. The molecular weight excluding hydrogens is 521 g/mol. The van der Waals surface area contributed by atoms with Crippen LogP contribution in [-0.2, 0) is 11.3 Å². The smallest absolute Gasteiger partial charge is 0.254 e. The average Bonchev–Trinajstić information content (AvgIpc) is 2.90. The van der Waals surface area contributed by atoms with E-state index >= 15 is 0 Å². The van der Waals surface area contributed by atoms with Crippen LogP contribution in [0, 0.1) is 0 Å². The van der Waals surface area contributed by atoms with Crippen molar-refractivity contribution in [2.24, 2.45) is 0 Å². The lowest BCUT2D eigenvalue weighted by molar-refractivity contribution is -0.129. The third kappa shape index (κ3) is 5.45. The molecule has 2 aliphatic rings. The van der Waals surface area contributed by atoms with Crippen molar-refractivity contribution in [3.05, 3.63) is 105 Å². The van der Waals surface area contributed by atoms with Gasteiger partial charge in [-0.1, -0.05) is 77.8 Å². The van der Waals surface area contributed by atoms with Crippen molar-refractivity contribution in [2.75, 3.05) is 7.05 Å². The molecule has 3 aromatic rings. The van der Waals surface area contributed by atoms with E-state index in [2.05, 4.69) is 5.43 Å². The fourth-order valence-electron chi connectivity index (χ4n) is 5.80. The van der Waals surface area contributed by atoms with Crippen molar-refractivity contribution in [3.63, 3.8) is 0 Å². The van der Waals surface area contributed by atoms with Crippen molar-refractivity contribution in [2.45, 2.75) is 56.3 Å². The molecule has 1 heterocycles. The molecule has 0 spiro atoms. The van der Waals surface area contributed by atoms with Crippen molar-refractivity contribution in [1.82, 2.24) is 15.3 Å². The minimum absolute atomic E-state index is 0.125. The van der Waals surface area contributed by atoms with E-state index in [9.17, 15) is 14.7 Å². The molecule has 1 aliphatic carbocycles. The molecule has 2 amide bonds. The first-order valence-electron chi connectivity index (χ1n) is 12.9. The molecule has 0 unspecified atom stereocenters. The van der Waals surface area contributed by atoms with Crippen LogP contribution in [0.2, 0.25) is 10.0 Å². The number of carbonyl (C=O) groups is 2. The normalized spacial score (nSPS) is 23.3. The van der Waals surface area contributed by atoms with Gasteiger partial charge >= 0.3 is 0 Å². The Morgan fingerprint density at radius 2 is 1.66 bits per heavy atom. The zero-order chi connectivity index (χ0) is 26.8. The van der Waals surface area contributed by atoms with E-state index < -0.39 is 12.0 Å². The predicted octanol–water partition coefficient (Wildman–Crippen LogP) is 5.74. The summed E-state index contributed by atoms with van der Waals surface area (Å²) in [5.41, 5.74) is 5.99. The Morgan fingerprint density at radius 3 is 2.37 bits per heavy atom. The number of amides is 2. The van der Waals surface area contributed by atoms with Gasteiger partial charge in [-0.15, -0.1) is 0 Å². The summed E-state index contributed by atoms with van der Waals surface area (Å²) in [7, 11) is 1.83. The molecule has 2 atom stereocenters. The van der Waals surface area contributed by atoms with Gasteiger partial charge in [-0.05, 0) is 60.6 Å². The molecule has 198 valence electrons. The lowest BCUT2D eigenvalue weighted by Crippen LogP contribution is -2.53. The average molecular weight is 553 g/mol. The van der Waals surface area contributed by atoms with Gasteiger partial charge in [0, 0.05) is 35.2 Å². The summed E-state index contributed by atoms with van der Waals surface area (Å²) >= 11 is 13.0. The maximum absolute atomic E-state index is 14.1. The number of nitrogens with zero attached hydrogens (tertiary/aromatic N) is 2. The largest absolute Gasteiger partial charge is 0.393 e. The molecule has 0 radical (unpaired) electrons. The second-order valence-corrected chi connectivity index (χ2v) is 11.0. The van der Waals surface area contributed by atoms with Gasteiger partial charge in [-0.2, -0.15) is 0 Å². The minimum Gasteiger partial charge on any atom is -0.393 e. The summed E-state index contributed by atoms with van der Waals surface area (Å²) < 4.78 is 0. The molecule has 0 bridgehead atoms. The highest BCUT2D eigenvalue weighted by molar-refractivity contribution is 6.35. The van der Waals surface area contributed by atoms with Crippen LogP contribution in [0.25, 0.3) is 0 Å². The Balaban J connectivity index is 1.57. The number of aliphatic hydroxyl groups is 1. The van der Waals surface area contributed by atoms with Gasteiger partial charge in [0.15, 0.2) is 0 Å². The van der Waals surface area contributed by atoms with Crippen molar-refractivity contribution >= 4 is 35.0 Å². The van der Waals surface area contributed by atoms with Gasteiger partial charge in [-0.3, -0.25) is 15.0 Å². The molecule has 3 aromatic carbocycles. The maximum atomic E-state index is 14.1. The molecule has 5 rings (SSSR count). The third-order valence-corrected chi connectivity index (χ3v) is 8.13. The van der Waals surface area contributed by atoms with Crippen molar-refractivity contribution in [3.8, 4) is 0 Å². The fraction of sp³-hybridized carbons (Fsp3) is 0.333. The Kier molecular flexibility index (Phi) is 8.05. The third-order valence-electron chi connectivity index (χ3n) is 7.56. The lowest BCUT2D eigenvalue weighted by Gasteiger charge is -2.47. The molecule has 6 nitrogen and oxygen atoms in total. The van der Waals surface area contributed by atoms with Crippen LogP contribution in [0.3, 0.4) is 0 Å². The molecule has 0 aromatic heterocycles. The molecule has 1 saturated carbocycles. The Labute approximate surface area is 233 Å². The van der Waals surface area contributed by atoms with Crippen LogP contribution in [0.4, 0.5) is 0 Å². The quantitative estimate of drug-likeness (QED) is 0.383. The van der Waals surface area contributed by atoms with Gasteiger partial charge < -0.3 is 10.0 Å². The van der Waals surface area contributed by atoms with Crippen LogP contribution < -0.4 is 5.43 Å². The predicted molar refractivity (Wildman–Crippen MR) is 149 cm³/mol. The zero-order valence-corrected chi connectivity index (χ0v) is 22.7. The number of rotatable bonds is 6. The first-order valence-corrected chi connectivity index (χ1v) is 13.7. The summed E-state index contributed by atoms with van der Waals surface area (Å²) in [5.74, 6) is -1.05. The van der Waals surface area contributed by atoms with Crippen LogP contribution in [0.1, 0.15) is 64.7 Å². The Hall–Kier alpha value is -2.90. The molecule has 0 saturated heterocycles. The first kappa shape index (κ1) is 26.7. The van der Waals surface area contributed by atoms with E-state index in [1.54, 1.807) is 23.2 Å². The van der Waals surface area contributed by atoms with Gasteiger partial charge in [0.2, 0.25) is 5.91 Å². The zero-order valence-electron chi connectivity index (χ0n) is 21.2. The SMILES string of the molecule is CN(Cc1ccccc1)NC(=O)[C@@H]1c2ccccc2C(=O)N([C@H]2CC[C@H](O)CC2)[C@H]1c1ccc(Cl)cc1Cl. The van der Waals surface area contributed by atoms with Crippen LogP contribution in [0.5, 0.6) is 0 Å². The molecule has 1 fully saturated rings. The second-order valence-electron chi connectivity index (χ2n) is 10.2. The number of nitrogens with one attached hydrogen (secondary N) is 1. The topological polar surface area (TPSA) is 72.9 Å². The summed E-state index contributed by atoms with van der Waals surface area (Å²) in [6, 6.07) is 21.7. The van der Waals surface area contributed by atoms with E-state index in [-0.39, 0.29) is 24.0 Å². The summed E-state index contributed by atoms with van der Waals surface area (Å²) in [4.78, 5) is 30.0. The summed E-state index contributed by atoms with van der Waals surface area (Å²) in [6.07, 6.45) is 2.14. The van der Waals surface area contributed by atoms with E-state index in [0.717, 1.165) is 5.56 Å². The Bertz CT molecular complexity index is 1310. The molecule has 1 aliphatic heterocycles. The maximum Gasteiger partial charge on any atom is 0.254 e. The number of hydrogen-bond donors (Lipinski definition) is 2. The first-order chi connectivity index (χ1) is 18.3. The van der Waals surface area contributed by atoms with Gasteiger partial charge in [-0.25, -0.2) is 5.01 Å². The summed E-state index contributed by atoms with van der Waals surface area (Å²) in [5, 5.41) is 12.8. The highest BCUT2D eigenvalue weighted by Gasteiger charge is 2.47. The van der Waals surface area contributed by atoms with Crippen LogP contribution in [0.15, 0.2) is 72.8 Å². The number of aliphatic hydroxyl groups excluding tert-OH is 1. The van der Waals surface area contributed by atoms with E-state index in [4.69, 9.17) is 23.2 Å². The van der Waals surface area contributed by atoms with Crippen LogP contribution in [-0.4, -0.2) is 46.0 Å².